The van der Waals surface area contributed by atoms with Crippen LogP contribution >= 0.6 is 23.2 Å². The first-order valence-electron chi connectivity index (χ1n) is 4.83. The summed E-state index contributed by atoms with van der Waals surface area (Å²) in [6, 6.07) is 4.75. The molecule has 0 aromatic heterocycles. The maximum absolute atomic E-state index is 11.0. The van der Waals surface area contributed by atoms with E-state index in [9.17, 15) is 9.90 Å². The third kappa shape index (κ3) is 2.81. The van der Waals surface area contributed by atoms with E-state index in [1.54, 1.807) is 12.1 Å². The van der Waals surface area contributed by atoms with Gasteiger partial charge in [0.2, 0.25) is 0 Å². The molecule has 0 fully saturated rings. The zero-order valence-corrected chi connectivity index (χ0v) is 10.1. The number of ketones is 1. The molecule has 0 spiro atoms. The molecular weight excluding hydrogens is 263 g/mol. The summed E-state index contributed by atoms with van der Waals surface area (Å²) in [4.78, 5) is 11.0. The van der Waals surface area contributed by atoms with Gasteiger partial charge in [-0.2, -0.15) is 0 Å². The Kier molecular flexibility index (Phi) is 3.41. The SMILES string of the molecule is O=C1C=C(O)C(Oc2ccc(Cl)cc2Cl)=CC1. The van der Waals surface area contributed by atoms with Crippen LogP contribution in [-0.2, 0) is 4.79 Å². The Morgan fingerprint density at radius 1 is 1.29 bits per heavy atom. The molecule has 1 aliphatic carbocycles. The van der Waals surface area contributed by atoms with Crippen molar-refractivity contribution in [3.63, 3.8) is 0 Å². The third-order valence-electron chi connectivity index (χ3n) is 2.15. The number of carbonyl (C=O) groups is 1. The fraction of sp³-hybridized carbons (Fsp3) is 0.0833. The molecule has 3 nitrogen and oxygen atoms in total. The van der Waals surface area contributed by atoms with E-state index in [4.69, 9.17) is 27.9 Å². The van der Waals surface area contributed by atoms with Gasteiger partial charge in [-0.25, -0.2) is 0 Å². The van der Waals surface area contributed by atoms with Crippen LogP contribution in [0.5, 0.6) is 5.75 Å². The van der Waals surface area contributed by atoms with Crippen molar-refractivity contribution in [1.29, 1.82) is 0 Å². The maximum Gasteiger partial charge on any atom is 0.165 e. The number of aliphatic hydroxyl groups excluding tert-OH is 1. The first-order valence-corrected chi connectivity index (χ1v) is 5.59. The van der Waals surface area contributed by atoms with E-state index in [0.29, 0.717) is 15.8 Å². The lowest BCUT2D eigenvalue weighted by Crippen LogP contribution is -2.07. The second-order valence-electron chi connectivity index (χ2n) is 3.45. The number of halogens is 2. The van der Waals surface area contributed by atoms with Gasteiger partial charge >= 0.3 is 0 Å². The summed E-state index contributed by atoms with van der Waals surface area (Å²) in [5.74, 6) is 0.217. The van der Waals surface area contributed by atoms with Gasteiger partial charge in [0.25, 0.3) is 0 Å². The number of rotatable bonds is 2. The van der Waals surface area contributed by atoms with E-state index < -0.39 is 0 Å². The summed E-state index contributed by atoms with van der Waals surface area (Å²) in [7, 11) is 0. The lowest BCUT2D eigenvalue weighted by Gasteiger charge is -2.13. The van der Waals surface area contributed by atoms with Crippen molar-refractivity contribution < 1.29 is 14.6 Å². The highest BCUT2D eigenvalue weighted by Gasteiger charge is 2.15. The van der Waals surface area contributed by atoms with E-state index in [2.05, 4.69) is 0 Å². The average molecular weight is 271 g/mol. The Morgan fingerprint density at radius 2 is 2.06 bits per heavy atom. The molecule has 0 amide bonds. The van der Waals surface area contributed by atoms with Crippen molar-refractivity contribution in [1.82, 2.24) is 0 Å². The molecule has 0 atom stereocenters. The van der Waals surface area contributed by atoms with Gasteiger partial charge in [0.15, 0.2) is 17.3 Å². The normalized spacial score (nSPS) is 15.3. The molecule has 88 valence electrons. The van der Waals surface area contributed by atoms with Crippen LogP contribution in [0.3, 0.4) is 0 Å². The second-order valence-corrected chi connectivity index (χ2v) is 4.29. The molecule has 0 saturated carbocycles. The van der Waals surface area contributed by atoms with E-state index in [0.717, 1.165) is 6.08 Å². The molecular formula is C12H8Cl2O3. The first kappa shape index (κ1) is 12.0. The second kappa shape index (κ2) is 4.82. The predicted octanol–water partition coefficient (Wildman–Crippen LogP) is 3.67. The monoisotopic (exact) mass is 270 g/mol. The quantitative estimate of drug-likeness (QED) is 0.892. The van der Waals surface area contributed by atoms with Crippen LogP contribution in [0, 0.1) is 0 Å². The van der Waals surface area contributed by atoms with Gasteiger partial charge in [-0.3, -0.25) is 4.79 Å². The molecule has 0 heterocycles. The number of carbonyl (C=O) groups excluding carboxylic acids is 1. The lowest BCUT2D eigenvalue weighted by atomic mass is 10.1. The summed E-state index contributed by atoms with van der Waals surface area (Å²) < 4.78 is 5.40. The van der Waals surface area contributed by atoms with E-state index in [1.807, 2.05) is 0 Å². The van der Waals surface area contributed by atoms with Gasteiger partial charge < -0.3 is 9.84 Å². The fourth-order valence-electron chi connectivity index (χ4n) is 1.35. The van der Waals surface area contributed by atoms with Gasteiger partial charge in [0.1, 0.15) is 5.75 Å². The topological polar surface area (TPSA) is 46.5 Å². The Balaban J connectivity index is 2.22. The van der Waals surface area contributed by atoms with Crippen molar-refractivity contribution in [2.45, 2.75) is 6.42 Å². The van der Waals surface area contributed by atoms with Gasteiger partial charge in [-0.15, -0.1) is 0 Å². The number of hydrogen-bond acceptors (Lipinski definition) is 3. The number of benzene rings is 1. The van der Waals surface area contributed by atoms with E-state index in [1.165, 1.54) is 12.1 Å². The molecule has 5 heteroatoms. The maximum atomic E-state index is 11.0. The molecule has 0 bridgehead atoms. The van der Waals surface area contributed by atoms with Crippen LogP contribution in [0.4, 0.5) is 0 Å². The highest BCUT2D eigenvalue weighted by Crippen LogP contribution is 2.30. The van der Waals surface area contributed by atoms with Crippen LogP contribution in [0.25, 0.3) is 0 Å². The minimum absolute atomic E-state index is 0.169. The van der Waals surface area contributed by atoms with E-state index in [-0.39, 0.29) is 23.7 Å². The standard InChI is InChI=1S/C12H8Cl2O3/c13-7-1-3-11(9(14)5-7)17-12-4-2-8(15)6-10(12)16/h1,3-6,16H,2H2. The Hall–Kier alpha value is -1.45. The Bertz CT molecular complexity index is 533. The zero-order chi connectivity index (χ0) is 12.4. The summed E-state index contributed by atoms with van der Waals surface area (Å²) in [6.45, 7) is 0. The summed E-state index contributed by atoms with van der Waals surface area (Å²) >= 11 is 11.7. The summed E-state index contributed by atoms with van der Waals surface area (Å²) in [5, 5.41) is 10.4. The van der Waals surface area contributed by atoms with Crippen molar-refractivity contribution in [2.24, 2.45) is 0 Å². The van der Waals surface area contributed by atoms with E-state index >= 15 is 0 Å². The smallest absolute Gasteiger partial charge is 0.165 e. The molecule has 17 heavy (non-hydrogen) atoms. The summed E-state index contributed by atoms with van der Waals surface area (Å²) in [5.41, 5.74) is 0. The number of aliphatic hydroxyl groups is 1. The van der Waals surface area contributed by atoms with Crippen LogP contribution in [-0.4, -0.2) is 10.9 Å². The zero-order valence-electron chi connectivity index (χ0n) is 8.61. The minimum Gasteiger partial charge on any atom is -0.504 e. The molecule has 1 aromatic carbocycles. The average Bonchev–Trinajstić information content (AvgIpc) is 2.25. The molecule has 0 unspecified atom stereocenters. The van der Waals surface area contributed by atoms with Gasteiger partial charge in [0.05, 0.1) is 5.02 Å². The first-order chi connectivity index (χ1) is 8.06. The highest BCUT2D eigenvalue weighted by atomic mass is 35.5. The number of hydrogen-bond donors (Lipinski definition) is 1. The predicted molar refractivity (Wildman–Crippen MR) is 65.5 cm³/mol. The van der Waals surface area contributed by atoms with Crippen LogP contribution < -0.4 is 4.74 Å². The van der Waals surface area contributed by atoms with Crippen LogP contribution in [0.1, 0.15) is 6.42 Å². The highest BCUT2D eigenvalue weighted by molar-refractivity contribution is 6.35. The number of allylic oxidation sites excluding steroid dienone is 2. The Morgan fingerprint density at radius 3 is 2.71 bits per heavy atom. The molecule has 2 rings (SSSR count). The van der Waals surface area contributed by atoms with Crippen molar-refractivity contribution in [2.75, 3.05) is 0 Å². The van der Waals surface area contributed by atoms with Crippen LogP contribution in [0.2, 0.25) is 10.0 Å². The molecule has 1 aromatic rings. The van der Waals surface area contributed by atoms with Gasteiger partial charge in [-0.1, -0.05) is 23.2 Å². The Labute approximate surface area is 108 Å². The minimum atomic E-state index is -0.202. The lowest BCUT2D eigenvalue weighted by molar-refractivity contribution is -0.114. The van der Waals surface area contributed by atoms with Gasteiger partial charge in [-0.05, 0) is 24.3 Å². The number of ether oxygens (including phenoxy) is 1. The largest absolute Gasteiger partial charge is 0.504 e. The van der Waals surface area contributed by atoms with Crippen molar-refractivity contribution >= 4 is 29.0 Å². The van der Waals surface area contributed by atoms with Crippen LogP contribution in [0.15, 0.2) is 41.9 Å². The molecule has 0 radical (unpaired) electrons. The molecule has 1 N–H and O–H groups in total. The molecule has 0 aliphatic heterocycles. The fourth-order valence-corrected chi connectivity index (χ4v) is 1.80. The van der Waals surface area contributed by atoms with Gasteiger partial charge in [0, 0.05) is 17.5 Å². The molecule has 1 aliphatic rings. The van der Waals surface area contributed by atoms with Crippen molar-refractivity contribution in [3.8, 4) is 5.75 Å². The van der Waals surface area contributed by atoms with Crippen molar-refractivity contribution in [3.05, 3.63) is 51.9 Å². The summed E-state index contributed by atoms with van der Waals surface area (Å²) in [6.07, 6.45) is 2.83. The third-order valence-corrected chi connectivity index (χ3v) is 2.68. The molecule has 0 saturated heterocycles.